The minimum absolute atomic E-state index is 0.153. The number of hydrogen-bond donors (Lipinski definition) is 1. The zero-order valence-corrected chi connectivity index (χ0v) is 10.5. The number of rotatable bonds is 4. The Kier molecular flexibility index (Phi) is 3.44. The Balaban J connectivity index is 2.68. The maximum Gasteiger partial charge on any atom is 0.313 e. The van der Waals surface area contributed by atoms with Gasteiger partial charge < -0.3 is 10.1 Å². The Bertz CT molecular complexity index is 242. The summed E-state index contributed by atoms with van der Waals surface area (Å²) in [7, 11) is 1.45. The summed E-state index contributed by atoms with van der Waals surface area (Å²) in [5.74, 6) is -0.153. The molecule has 15 heavy (non-hydrogen) atoms. The predicted molar refractivity (Wildman–Crippen MR) is 60.7 cm³/mol. The fraction of sp³-hybridized carbons (Fsp3) is 0.917. The molecule has 0 spiro atoms. The Morgan fingerprint density at radius 2 is 1.80 bits per heavy atom. The minimum Gasteiger partial charge on any atom is -0.469 e. The van der Waals surface area contributed by atoms with E-state index in [1.807, 2.05) is 13.8 Å². The lowest BCUT2D eigenvalue weighted by Gasteiger charge is -2.44. The van der Waals surface area contributed by atoms with Gasteiger partial charge in [0, 0.05) is 11.6 Å². The van der Waals surface area contributed by atoms with Gasteiger partial charge in [0.25, 0.3) is 0 Å². The second-order valence-corrected chi connectivity index (χ2v) is 5.51. The summed E-state index contributed by atoms with van der Waals surface area (Å²) in [5, 5.41) is 3.55. The normalized spacial score (nSPS) is 18.5. The van der Waals surface area contributed by atoms with E-state index in [9.17, 15) is 4.79 Å². The topological polar surface area (TPSA) is 38.3 Å². The smallest absolute Gasteiger partial charge is 0.313 e. The summed E-state index contributed by atoms with van der Waals surface area (Å²) in [4.78, 5) is 11.7. The molecule has 1 aliphatic rings. The quantitative estimate of drug-likeness (QED) is 0.727. The van der Waals surface area contributed by atoms with Crippen molar-refractivity contribution in [1.82, 2.24) is 5.32 Å². The van der Waals surface area contributed by atoms with E-state index < -0.39 is 5.41 Å². The highest BCUT2D eigenvalue weighted by atomic mass is 16.5. The van der Waals surface area contributed by atoms with Crippen LogP contribution in [0.25, 0.3) is 0 Å². The summed E-state index contributed by atoms with van der Waals surface area (Å²) in [6, 6.07) is 0.573. The molecule has 0 aromatic rings. The molecule has 0 radical (unpaired) electrons. The molecular formula is C12H23NO2. The molecule has 0 amide bonds. The predicted octanol–water partition coefficient (Wildman–Crippen LogP) is 2.11. The van der Waals surface area contributed by atoms with Gasteiger partial charge in [-0.05, 0) is 40.5 Å². The third kappa shape index (κ3) is 2.33. The van der Waals surface area contributed by atoms with Gasteiger partial charge in [-0.2, -0.15) is 0 Å². The van der Waals surface area contributed by atoms with Crippen molar-refractivity contribution in [3.05, 3.63) is 0 Å². The maximum atomic E-state index is 11.7. The molecule has 0 bridgehead atoms. The fourth-order valence-corrected chi connectivity index (χ4v) is 1.75. The van der Waals surface area contributed by atoms with Crippen LogP contribution in [0.1, 0.15) is 47.0 Å². The van der Waals surface area contributed by atoms with E-state index in [1.54, 1.807) is 0 Å². The van der Waals surface area contributed by atoms with Crippen molar-refractivity contribution in [1.29, 1.82) is 0 Å². The molecule has 0 heterocycles. The second kappa shape index (κ2) is 4.12. The first kappa shape index (κ1) is 12.5. The van der Waals surface area contributed by atoms with Crippen molar-refractivity contribution in [2.24, 2.45) is 5.41 Å². The van der Waals surface area contributed by atoms with E-state index in [0.717, 1.165) is 0 Å². The Morgan fingerprint density at radius 1 is 1.27 bits per heavy atom. The molecule has 0 saturated heterocycles. The molecule has 0 unspecified atom stereocenters. The van der Waals surface area contributed by atoms with Crippen LogP contribution in [0.2, 0.25) is 0 Å². The van der Waals surface area contributed by atoms with E-state index >= 15 is 0 Å². The molecule has 0 aromatic carbocycles. The monoisotopic (exact) mass is 213 g/mol. The average Bonchev–Trinajstić information content (AvgIpc) is 2.10. The molecule has 1 rings (SSSR count). The highest BCUT2D eigenvalue weighted by Crippen LogP contribution is 2.34. The van der Waals surface area contributed by atoms with Crippen molar-refractivity contribution in [3.8, 4) is 0 Å². The number of ether oxygens (including phenoxy) is 1. The lowest BCUT2D eigenvalue weighted by atomic mass is 9.73. The van der Waals surface area contributed by atoms with Crippen molar-refractivity contribution >= 4 is 5.97 Å². The highest BCUT2D eigenvalue weighted by molar-refractivity contribution is 5.77. The maximum absolute atomic E-state index is 11.7. The Hall–Kier alpha value is -0.570. The first-order valence-corrected chi connectivity index (χ1v) is 5.67. The summed E-state index contributed by atoms with van der Waals surface area (Å²) in [6.45, 7) is 8.01. The lowest BCUT2D eigenvalue weighted by Crippen LogP contribution is -2.59. The van der Waals surface area contributed by atoms with Gasteiger partial charge >= 0.3 is 5.97 Å². The van der Waals surface area contributed by atoms with Crippen LogP contribution >= 0.6 is 0 Å². The molecule has 0 aliphatic heterocycles. The van der Waals surface area contributed by atoms with E-state index in [2.05, 4.69) is 19.2 Å². The zero-order chi connectivity index (χ0) is 11.7. The Labute approximate surface area is 92.6 Å². The number of methoxy groups -OCH3 is 1. The van der Waals surface area contributed by atoms with Crippen LogP contribution in [0.4, 0.5) is 0 Å². The summed E-state index contributed by atoms with van der Waals surface area (Å²) in [5.41, 5.74) is -0.734. The number of hydrogen-bond acceptors (Lipinski definition) is 3. The van der Waals surface area contributed by atoms with Crippen LogP contribution in [0.15, 0.2) is 0 Å². The third-order valence-electron chi connectivity index (χ3n) is 3.93. The highest BCUT2D eigenvalue weighted by Gasteiger charge is 2.45. The van der Waals surface area contributed by atoms with Crippen molar-refractivity contribution in [2.45, 2.75) is 58.5 Å². The number of nitrogens with one attached hydrogen (secondary N) is 1. The van der Waals surface area contributed by atoms with Gasteiger partial charge in [0.2, 0.25) is 0 Å². The summed E-state index contributed by atoms with van der Waals surface area (Å²) >= 11 is 0. The molecule has 3 heteroatoms. The van der Waals surface area contributed by atoms with Crippen LogP contribution in [0.5, 0.6) is 0 Å². The average molecular weight is 213 g/mol. The van der Waals surface area contributed by atoms with E-state index in [4.69, 9.17) is 4.74 Å². The van der Waals surface area contributed by atoms with E-state index in [1.165, 1.54) is 26.4 Å². The largest absolute Gasteiger partial charge is 0.469 e. The van der Waals surface area contributed by atoms with Crippen molar-refractivity contribution < 1.29 is 9.53 Å². The SMILES string of the molecule is COC(=O)C(C)(C)C(C)(C)NC1CCC1. The molecule has 1 aliphatic carbocycles. The zero-order valence-electron chi connectivity index (χ0n) is 10.5. The van der Waals surface area contributed by atoms with E-state index in [-0.39, 0.29) is 11.5 Å². The van der Waals surface area contributed by atoms with Gasteiger partial charge in [-0.15, -0.1) is 0 Å². The van der Waals surface area contributed by atoms with Crippen LogP contribution in [-0.4, -0.2) is 24.7 Å². The summed E-state index contributed by atoms with van der Waals surface area (Å²) in [6.07, 6.45) is 3.74. The van der Waals surface area contributed by atoms with E-state index in [0.29, 0.717) is 6.04 Å². The number of esters is 1. The molecule has 0 aromatic heterocycles. The standard InChI is InChI=1S/C12H23NO2/c1-11(2,10(14)15-5)12(3,4)13-9-7-6-8-9/h9,13H,6-8H2,1-5H3. The number of carbonyl (C=O) groups is 1. The number of carbonyl (C=O) groups excluding carboxylic acids is 1. The molecule has 1 N–H and O–H groups in total. The van der Waals surface area contributed by atoms with Crippen LogP contribution in [0, 0.1) is 5.41 Å². The molecule has 1 fully saturated rings. The lowest BCUT2D eigenvalue weighted by molar-refractivity contribution is -0.155. The molecule has 88 valence electrons. The third-order valence-corrected chi connectivity index (χ3v) is 3.93. The van der Waals surface area contributed by atoms with Gasteiger partial charge in [0.15, 0.2) is 0 Å². The molecule has 3 nitrogen and oxygen atoms in total. The van der Waals surface area contributed by atoms with Crippen molar-refractivity contribution in [3.63, 3.8) is 0 Å². The first-order valence-electron chi connectivity index (χ1n) is 5.67. The van der Waals surface area contributed by atoms with Gasteiger partial charge in [-0.1, -0.05) is 6.42 Å². The van der Waals surface area contributed by atoms with Gasteiger partial charge in [0.05, 0.1) is 12.5 Å². The fourth-order valence-electron chi connectivity index (χ4n) is 1.75. The molecule has 0 atom stereocenters. The van der Waals surface area contributed by atoms with Crippen molar-refractivity contribution in [2.75, 3.05) is 7.11 Å². The second-order valence-electron chi connectivity index (χ2n) is 5.51. The summed E-state index contributed by atoms with van der Waals surface area (Å²) < 4.78 is 4.86. The minimum atomic E-state index is -0.503. The van der Waals surface area contributed by atoms with Gasteiger partial charge in [-0.25, -0.2) is 0 Å². The Morgan fingerprint density at radius 3 is 2.13 bits per heavy atom. The van der Waals surface area contributed by atoms with Crippen LogP contribution < -0.4 is 5.32 Å². The first-order chi connectivity index (χ1) is 6.81. The van der Waals surface area contributed by atoms with Crippen LogP contribution in [-0.2, 0) is 9.53 Å². The van der Waals surface area contributed by atoms with Crippen LogP contribution in [0.3, 0.4) is 0 Å². The van der Waals surface area contributed by atoms with Gasteiger partial charge in [0.1, 0.15) is 0 Å². The molecular weight excluding hydrogens is 190 g/mol. The molecule has 1 saturated carbocycles. The van der Waals surface area contributed by atoms with Gasteiger partial charge in [-0.3, -0.25) is 4.79 Å².